The van der Waals surface area contributed by atoms with Crippen LogP contribution in [0.15, 0.2) is 55.1 Å². The monoisotopic (exact) mass is 432 g/mol. The van der Waals surface area contributed by atoms with Gasteiger partial charge in [0.1, 0.15) is 18.0 Å². The Hall–Kier alpha value is -3.45. The molecule has 7 heteroatoms. The second-order valence-electron chi connectivity index (χ2n) is 7.93. The van der Waals surface area contributed by atoms with Crippen molar-refractivity contribution in [2.45, 2.75) is 13.3 Å². The van der Waals surface area contributed by atoms with Crippen molar-refractivity contribution in [1.29, 1.82) is 0 Å². The summed E-state index contributed by atoms with van der Waals surface area (Å²) in [7, 11) is 0. The molecule has 0 N–H and O–H groups in total. The number of hydrogen-bond acceptors (Lipinski definition) is 5. The summed E-state index contributed by atoms with van der Waals surface area (Å²) in [6, 6.07) is 10.8. The summed E-state index contributed by atoms with van der Waals surface area (Å²) in [4.78, 5) is 14.9. The van der Waals surface area contributed by atoms with Crippen molar-refractivity contribution >= 4 is 16.6 Å². The van der Waals surface area contributed by atoms with E-state index in [-0.39, 0.29) is 11.6 Å². The second-order valence-corrected chi connectivity index (χ2v) is 7.93. The van der Waals surface area contributed by atoms with E-state index in [1.807, 2.05) is 25.1 Å². The molecule has 0 radical (unpaired) electrons. The first-order chi connectivity index (χ1) is 15.6. The van der Waals surface area contributed by atoms with Gasteiger partial charge >= 0.3 is 0 Å². The van der Waals surface area contributed by atoms with Gasteiger partial charge in [-0.05, 0) is 53.9 Å². The normalized spacial score (nSPS) is 14.2. The fourth-order valence-electron chi connectivity index (χ4n) is 4.13. The van der Waals surface area contributed by atoms with Crippen LogP contribution in [-0.2, 0) is 11.2 Å². The van der Waals surface area contributed by atoms with E-state index >= 15 is 0 Å². The van der Waals surface area contributed by atoms with Crippen LogP contribution in [0.4, 0.5) is 14.5 Å². The molecule has 0 bridgehead atoms. The molecular weight excluding hydrogens is 410 g/mol. The molecule has 1 fully saturated rings. The third-order valence-corrected chi connectivity index (χ3v) is 5.88. The molecule has 5 nitrogen and oxygen atoms in total. The predicted octanol–water partition coefficient (Wildman–Crippen LogP) is 4.71. The third kappa shape index (κ3) is 3.91. The lowest BCUT2D eigenvalue weighted by molar-refractivity contribution is 0.122. The van der Waals surface area contributed by atoms with Gasteiger partial charge in [-0.1, -0.05) is 6.07 Å². The molecule has 4 aromatic rings. The highest BCUT2D eigenvalue weighted by Gasteiger charge is 2.16. The van der Waals surface area contributed by atoms with Crippen LogP contribution in [-0.4, -0.2) is 41.3 Å². The first-order valence-electron chi connectivity index (χ1n) is 10.6. The Morgan fingerprint density at radius 2 is 1.81 bits per heavy atom. The number of ether oxygens (including phenoxy) is 1. The number of rotatable bonds is 4. The molecule has 0 amide bonds. The Balaban J connectivity index is 1.54. The summed E-state index contributed by atoms with van der Waals surface area (Å²) in [5, 5.41) is 0.770. The van der Waals surface area contributed by atoms with Crippen molar-refractivity contribution in [3.63, 3.8) is 0 Å². The number of aryl methyl sites for hydroxylation is 1. The van der Waals surface area contributed by atoms with Gasteiger partial charge in [0, 0.05) is 42.3 Å². The van der Waals surface area contributed by atoms with Crippen LogP contribution in [0.2, 0.25) is 0 Å². The molecule has 3 heterocycles. The lowest BCUT2D eigenvalue weighted by Crippen LogP contribution is -2.36. The zero-order chi connectivity index (χ0) is 22.1. The maximum absolute atomic E-state index is 14.9. The van der Waals surface area contributed by atoms with Crippen LogP contribution in [0, 0.1) is 18.6 Å². The Morgan fingerprint density at radius 3 is 2.62 bits per heavy atom. The Bertz CT molecular complexity index is 1270. The molecular formula is C25H22F2N4O. The summed E-state index contributed by atoms with van der Waals surface area (Å²) in [6.07, 6.45) is 4.64. The van der Waals surface area contributed by atoms with Crippen molar-refractivity contribution in [1.82, 2.24) is 15.0 Å². The second kappa shape index (κ2) is 8.59. The molecule has 1 aliphatic heterocycles. The molecule has 0 saturated carbocycles. The van der Waals surface area contributed by atoms with Gasteiger partial charge in [0.2, 0.25) is 0 Å². The molecule has 0 atom stereocenters. The van der Waals surface area contributed by atoms with Gasteiger partial charge in [-0.2, -0.15) is 0 Å². The lowest BCUT2D eigenvalue weighted by Gasteiger charge is -2.29. The van der Waals surface area contributed by atoms with Crippen LogP contribution < -0.4 is 4.90 Å². The highest BCUT2D eigenvalue weighted by molar-refractivity contribution is 5.94. The van der Waals surface area contributed by atoms with E-state index < -0.39 is 0 Å². The van der Waals surface area contributed by atoms with Crippen molar-refractivity contribution in [2.24, 2.45) is 0 Å². The number of anilines is 1. The molecule has 1 saturated heterocycles. The van der Waals surface area contributed by atoms with E-state index in [0.29, 0.717) is 36.5 Å². The number of benzene rings is 2. The molecule has 0 spiro atoms. The van der Waals surface area contributed by atoms with Crippen LogP contribution >= 0.6 is 0 Å². The maximum atomic E-state index is 14.9. The zero-order valence-electron chi connectivity index (χ0n) is 17.7. The molecule has 0 aliphatic carbocycles. The molecule has 162 valence electrons. The van der Waals surface area contributed by atoms with Crippen LogP contribution in [0.5, 0.6) is 0 Å². The molecule has 0 unspecified atom stereocenters. The van der Waals surface area contributed by atoms with Gasteiger partial charge in [0.25, 0.3) is 0 Å². The summed E-state index contributed by atoms with van der Waals surface area (Å²) < 4.78 is 34.6. The predicted molar refractivity (Wildman–Crippen MR) is 120 cm³/mol. The number of nitrogens with zero attached hydrogens (tertiary/aromatic N) is 4. The zero-order valence-corrected chi connectivity index (χ0v) is 17.7. The Morgan fingerprint density at radius 1 is 0.969 bits per heavy atom. The smallest absolute Gasteiger partial charge is 0.145 e. The summed E-state index contributed by atoms with van der Waals surface area (Å²) in [6.45, 7) is 4.86. The van der Waals surface area contributed by atoms with E-state index in [1.165, 1.54) is 18.6 Å². The van der Waals surface area contributed by atoms with Gasteiger partial charge in [-0.25, -0.2) is 18.7 Å². The highest BCUT2D eigenvalue weighted by atomic mass is 19.1. The summed E-state index contributed by atoms with van der Waals surface area (Å²) in [5.41, 5.74) is 4.82. The maximum Gasteiger partial charge on any atom is 0.145 e. The van der Waals surface area contributed by atoms with E-state index in [9.17, 15) is 8.78 Å². The van der Waals surface area contributed by atoms with Crippen molar-refractivity contribution in [3.05, 3.63) is 83.4 Å². The van der Waals surface area contributed by atoms with Crippen LogP contribution in [0.25, 0.3) is 22.2 Å². The third-order valence-electron chi connectivity index (χ3n) is 5.88. The largest absolute Gasteiger partial charge is 0.378 e. The topological polar surface area (TPSA) is 51.1 Å². The Kier molecular flexibility index (Phi) is 5.49. The van der Waals surface area contributed by atoms with E-state index in [1.54, 1.807) is 18.3 Å². The fourth-order valence-corrected chi connectivity index (χ4v) is 4.13. The molecule has 1 aliphatic rings. The Labute approximate surface area is 184 Å². The average molecular weight is 432 g/mol. The number of pyridine rings is 1. The molecule has 32 heavy (non-hydrogen) atoms. The van der Waals surface area contributed by atoms with E-state index in [0.717, 1.165) is 40.8 Å². The fraction of sp³-hybridized carbons (Fsp3) is 0.240. The molecule has 5 rings (SSSR count). The summed E-state index contributed by atoms with van der Waals surface area (Å²) in [5.74, 6) is -0.739. The first kappa shape index (κ1) is 20.5. The number of fused-ring (bicyclic) bond motifs is 1. The SMILES string of the molecule is Cc1cncc(F)c1Cc1ccc(F)c(-c2ncnc3cc(N4CCOCC4)ccc23)c1. The number of aromatic nitrogens is 3. The minimum absolute atomic E-state index is 0.345. The average Bonchev–Trinajstić information content (AvgIpc) is 2.82. The van der Waals surface area contributed by atoms with Crippen LogP contribution in [0.1, 0.15) is 16.7 Å². The number of hydrogen-bond donors (Lipinski definition) is 0. The minimum atomic E-state index is -0.377. The first-order valence-corrected chi connectivity index (χ1v) is 10.6. The van der Waals surface area contributed by atoms with E-state index in [4.69, 9.17) is 4.74 Å². The number of halogens is 2. The van der Waals surface area contributed by atoms with Crippen molar-refractivity contribution in [2.75, 3.05) is 31.2 Å². The van der Waals surface area contributed by atoms with Gasteiger partial charge < -0.3 is 9.64 Å². The lowest BCUT2D eigenvalue weighted by atomic mass is 9.97. The van der Waals surface area contributed by atoms with Crippen molar-refractivity contribution in [3.8, 4) is 11.3 Å². The van der Waals surface area contributed by atoms with Crippen LogP contribution in [0.3, 0.4) is 0 Å². The minimum Gasteiger partial charge on any atom is -0.378 e. The standard InChI is InChI=1S/C25H22F2N4O/c1-16-13-28-14-23(27)20(16)10-17-2-5-22(26)21(11-17)25-19-4-3-18(12-24(19)29-15-30-25)31-6-8-32-9-7-31/h2-5,11-15H,6-10H2,1H3. The van der Waals surface area contributed by atoms with E-state index in [2.05, 4.69) is 19.9 Å². The van der Waals surface area contributed by atoms with Crippen molar-refractivity contribution < 1.29 is 13.5 Å². The van der Waals surface area contributed by atoms with Gasteiger partial charge in [0.05, 0.1) is 30.6 Å². The molecule has 2 aromatic heterocycles. The number of morpholine rings is 1. The van der Waals surface area contributed by atoms with Gasteiger partial charge in [-0.3, -0.25) is 4.98 Å². The quantitative estimate of drug-likeness (QED) is 0.468. The summed E-state index contributed by atoms with van der Waals surface area (Å²) >= 11 is 0. The molecule has 2 aromatic carbocycles. The van der Waals surface area contributed by atoms with Gasteiger partial charge in [-0.15, -0.1) is 0 Å². The van der Waals surface area contributed by atoms with Gasteiger partial charge in [0.15, 0.2) is 0 Å². The highest BCUT2D eigenvalue weighted by Crippen LogP contribution is 2.31.